The third-order valence-corrected chi connectivity index (χ3v) is 4.38. The van der Waals surface area contributed by atoms with Gasteiger partial charge in [-0.1, -0.05) is 6.07 Å². The first-order chi connectivity index (χ1) is 12.2. The van der Waals surface area contributed by atoms with Gasteiger partial charge in [-0.3, -0.25) is 14.5 Å². The minimum atomic E-state index is -0.137. The van der Waals surface area contributed by atoms with Gasteiger partial charge >= 0.3 is 0 Å². The second kappa shape index (κ2) is 8.82. The topological polar surface area (TPSA) is 82.7 Å². The lowest BCUT2D eigenvalue weighted by molar-refractivity contribution is -0.123. The normalized spacial score (nSPS) is 17.8. The molecule has 2 amide bonds. The van der Waals surface area contributed by atoms with Gasteiger partial charge in [-0.2, -0.15) is 0 Å². The van der Waals surface area contributed by atoms with Crippen molar-refractivity contribution in [2.45, 2.75) is 12.8 Å². The first-order valence-electron chi connectivity index (χ1n) is 8.94. The lowest BCUT2D eigenvalue weighted by atomic mass is 10.3. The van der Waals surface area contributed by atoms with Crippen LogP contribution >= 0.6 is 0 Å². The summed E-state index contributed by atoms with van der Waals surface area (Å²) in [6.07, 6.45) is 1.94. The number of piperazine rings is 1. The second-order valence-corrected chi connectivity index (χ2v) is 6.52. The molecular weight excluding hydrogens is 320 g/mol. The highest BCUT2D eigenvalue weighted by Gasteiger charge is 2.29. The molecule has 1 aromatic rings. The number of rotatable bonds is 8. The molecule has 2 fully saturated rings. The van der Waals surface area contributed by atoms with Gasteiger partial charge < -0.3 is 20.7 Å². The van der Waals surface area contributed by atoms with Crippen LogP contribution in [0.1, 0.15) is 12.8 Å². The Morgan fingerprint density at radius 3 is 2.80 bits per heavy atom. The highest BCUT2D eigenvalue weighted by Crippen LogP contribution is 2.30. The van der Waals surface area contributed by atoms with Gasteiger partial charge in [0.05, 0.1) is 0 Å². The number of ether oxygens (including phenoxy) is 1. The summed E-state index contributed by atoms with van der Waals surface area (Å²) in [5, 5.41) is 9.05. The standard InChI is InChI=1S/C18H26N4O3/c23-17(20-8-11-22-9-6-19-7-10-22)13-25-16-3-1-2-15(12-16)21-18(24)14-4-5-14/h1-3,12,14,19H,4-11,13H2,(H,20,23)(H,21,24). The fourth-order valence-corrected chi connectivity index (χ4v) is 2.74. The van der Waals surface area contributed by atoms with Crippen LogP contribution in [0.15, 0.2) is 24.3 Å². The van der Waals surface area contributed by atoms with Gasteiger partial charge in [0.15, 0.2) is 6.61 Å². The Kier molecular flexibility index (Phi) is 6.25. The Hall–Kier alpha value is -2.12. The van der Waals surface area contributed by atoms with E-state index in [1.807, 2.05) is 6.07 Å². The zero-order valence-electron chi connectivity index (χ0n) is 14.4. The quantitative estimate of drug-likeness (QED) is 0.636. The molecule has 1 saturated carbocycles. The van der Waals surface area contributed by atoms with Crippen molar-refractivity contribution in [3.8, 4) is 5.75 Å². The Morgan fingerprint density at radius 1 is 1.24 bits per heavy atom. The van der Waals surface area contributed by atoms with Gasteiger partial charge in [0, 0.05) is 56.9 Å². The minimum Gasteiger partial charge on any atom is -0.484 e. The summed E-state index contributed by atoms with van der Waals surface area (Å²) >= 11 is 0. The van der Waals surface area contributed by atoms with Crippen molar-refractivity contribution in [3.05, 3.63) is 24.3 Å². The van der Waals surface area contributed by atoms with Crippen LogP contribution in [-0.4, -0.2) is 62.6 Å². The van der Waals surface area contributed by atoms with Gasteiger partial charge in [-0.15, -0.1) is 0 Å². The molecule has 0 atom stereocenters. The fourth-order valence-electron chi connectivity index (χ4n) is 2.74. The van der Waals surface area contributed by atoms with Crippen molar-refractivity contribution in [2.75, 3.05) is 51.2 Å². The molecule has 1 aliphatic heterocycles. The monoisotopic (exact) mass is 346 g/mol. The lowest BCUT2D eigenvalue weighted by Crippen LogP contribution is -2.46. The molecule has 0 aromatic heterocycles. The summed E-state index contributed by atoms with van der Waals surface area (Å²) in [7, 11) is 0. The predicted molar refractivity (Wildman–Crippen MR) is 95.6 cm³/mol. The van der Waals surface area contributed by atoms with E-state index in [1.165, 1.54) is 0 Å². The molecular formula is C18H26N4O3. The minimum absolute atomic E-state index is 0.0262. The molecule has 3 rings (SSSR count). The van der Waals surface area contributed by atoms with E-state index in [0.717, 1.165) is 45.6 Å². The molecule has 1 heterocycles. The molecule has 3 N–H and O–H groups in total. The average molecular weight is 346 g/mol. The number of carbonyl (C=O) groups is 2. The van der Waals surface area contributed by atoms with Crippen LogP contribution in [0.4, 0.5) is 5.69 Å². The number of hydrogen-bond acceptors (Lipinski definition) is 5. The van der Waals surface area contributed by atoms with Crippen LogP contribution < -0.4 is 20.7 Å². The number of anilines is 1. The van der Waals surface area contributed by atoms with Gasteiger partial charge in [0.2, 0.25) is 5.91 Å². The first kappa shape index (κ1) is 17.7. The number of hydrogen-bond donors (Lipinski definition) is 3. The van der Waals surface area contributed by atoms with Crippen LogP contribution in [0.5, 0.6) is 5.75 Å². The average Bonchev–Trinajstić information content (AvgIpc) is 3.46. The molecule has 1 aliphatic carbocycles. The SMILES string of the molecule is O=C(COc1cccc(NC(=O)C2CC2)c1)NCCN1CCNCC1. The Morgan fingerprint density at radius 2 is 2.04 bits per heavy atom. The summed E-state index contributed by atoms with van der Waals surface area (Å²) in [5.74, 6) is 0.655. The molecule has 1 saturated heterocycles. The third kappa shape index (κ3) is 6.03. The van der Waals surface area contributed by atoms with E-state index in [2.05, 4.69) is 20.9 Å². The number of carbonyl (C=O) groups excluding carboxylic acids is 2. The molecule has 0 radical (unpaired) electrons. The second-order valence-electron chi connectivity index (χ2n) is 6.52. The van der Waals surface area contributed by atoms with Crippen LogP contribution in [0.2, 0.25) is 0 Å². The summed E-state index contributed by atoms with van der Waals surface area (Å²) in [6, 6.07) is 7.15. The highest BCUT2D eigenvalue weighted by atomic mass is 16.5. The lowest BCUT2D eigenvalue weighted by Gasteiger charge is -2.27. The van der Waals surface area contributed by atoms with E-state index in [4.69, 9.17) is 4.74 Å². The molecule has 136 valence electrons. The number of benzene rings is 1. The van der Waals surface area contributed by atoms with Crippen LogP contribution in [-0.2, 0) is 9.59 Å². The van der Waals surface area contributed by atoms with Gasteiger partial charge in [0.25, 0.3) is 5.91 Å². The third-order valence-electron chi connectivity index (χ3n) is 4.38. The van der Waals surface area contributed by atoms with Crippen LogP contribution in [0, 0.1) is 5.92 Å². The van der Waals surface area contributed by atoms with Crippen molar-refractivity contribution in [2.24, 2.45) is 5.92 Å². The molecule has 2 aliphatic rings. The van der Waals surface area contributed by atoms with Gasteiger partial charge in [-0.05, 0) is 25.0 Å². The van der Waals surface area contributed by atoms with Crippen molar-refractivity contribution in [3.63, 3.8) is 0 Å². The molecule has 0 spiro atoms. The van der Waals surface area contributed by atoms with E-state index in [-0.39, 0.29) is 24.3 Å². The molecule has 25 heavy (non-hydrogen) atoms. The summed E-state index contributed by atoms with van der Waals surface area (Å²) in [5.41, 5.74) is 0.702. The van der Waals surface area contributed by atoms with Crippen LogP contribution in [0.25, 0.3) is 0 Å². The van der Waals surface area contributed by atoms with Crippen molar-refractivity contribution >= 4 is 17.5 Å². The maximum absolute atomic E-state index is 11.9. The zero-order chi connectivity index (χ0) is 17.5. The van der Waals surface area contributed by atoms with Crippen molar-refractivity contribution in [1.29, 1.82) is 0 Å². The summed E-state index contributed by atoms with van der Waals surface area (Å²) in [4.78, 5) is 26.0. The van der Waals surface area contributed by atoms with Gasteiger partial charge in [-0.25, -0.2) is 0 Å². The summed E-state index contributed by atoms with van der Waals surface area (Å²) in [6.45, 7) is 5.50. The Bertz CT molecular complexity index is 598. The molecule has 0 unspecified atom stereocenters. The van der Waals surface area contributed by atoms with Gasteiger partial charge in [0.1, 0.15) is 5.75 Å². The Balaban J connectivity index is 1.35. The summed E-state index contributed by atoms with van der Waals surface area (Å²) < 4.78 is 5.52. The molecule has 7 nitrogen and oxygen atoms in total. The van der Waals surface area contributed by atoms with Crippen molar-refractivity contribution in [1.82, 2.24) is 15.5 Å². The molecule has 1 aromatic carbocycles. The molecule has 7 heteroatoms. The molecule has 0 bridgehead atoms. The number of nitrogens with one attached hydrogen (secondary N) is 3. The zero-order valence-corrected chi connectivity index (χ0v) is 14.4. The van der Waals surface area contributed by atoms with E-state index >= 15 is 0 Å². The van der Waals surface area contributed by atoms with E-state index in [9.17, 15) is 9.59 Å². The largest absolute Gasteiger partial charge is 0.484 e. The predicted octanol–water partition coefficient (Wildman–Crippen LogP) is 0.435. The van der Waals surface area contributed by atoms with Crippen LogP contribution in [0.3, 0.4) is 0 Å². The van der Waals surface area contributed by atoms with E-state index in [1.54, 1.807) is 18.2 Å². The maximum Gasteiger partial charge on any atom is 0.257 e. The van der Waals surface area contributed by atoms with E-state index in [0.29, 0.717) is 18.0 Å². The fraction of sp³-hybridized carbons (Fsp3) is 0.556. The van der Waals surface area contributed by atoms with E-state index < -0.39 is 0 Å². The number of nitrogens with zero attached hydrogens (tertiary/aromatic N) is 1. The number of amides is 2. The maximum atomic E-state index is 11.9. The first-order valence-corrected chi connectivity index (χ1v) is 8.94. The smallest absolute Gasteiger partial charge is 0.257 e. The Labute approximate surface area is 148 Å². The highest BCUT2D eigenvalue weighted by molar-refractivity contribution is 5.94. The van der Waals surface area contributed by atoms with Crippen molar-refractivity contribution < 1.29 is 14.3 Å².